The van der Waals surface area contributed by atoms with Crippen molar-refractivity contribution in [2.75, 3.05) is 19.6 Å². The molecule has 104 valence electrons. The van der Waals surface area contributed by atoms with Crippen LogP contribution in [0.3, 0.4) is 0 Å². The number of aliphatic carboxylic acids is 1. The van der Waals surface area contributed by atoms with E-state index in [4.69, 9.17) is 5.11 Å². The van der Waals surface area contributed by atoms with E-state index in [1.807, 2.05) is 0 Å². The zero-order chi connectivity index (χ0) is 13.8. The third kappa shape index (κ3) is 5.24. The molecule has 0 bridgehead atoms. The molecule has 0 saturated carbocycles. The van der Waals surface area contributed by atoms with Crippen LogP contribution in [0, 0.1) is 5.92 Å². The average Bonchev–Trinajstić information content (AvgIpc) is 2.25. The van der Waals surface area contributed by atoms with Crippen LogP contribution >= 0.6 is 0 Å². The van der Waals surface area contributed by atoms with E-state index in [1.54, 1.807) is 5.32 Å². The van der Waals surface area contributed by atoms with Crippen LogP contribution in [-0.4, -0.2) is 47.8 Å². The topological polar surface area (TPSA) is 69.6 Å². The first-order valence-corrected chi connectivity index (χ1v) is 5.59. The summed E-state index contributed by atoms with van der Waals surface area (Å²) in [6.45, 7) is -0.760. The molecule has 8 heteroatoms. The number of hydrogen-bond donors (Lipinski definition) is 2. The van der Waals surface area contributed by atoms with Crippen LogP contribution in [0.4, 0.5) is 18.0 Å². The molecule has 0 atom stereocenters. The maximum absolute atomic E-state index is 11.9. The molecule has 18 heavy (non-hydrogen) atoms. The number of urea groups is 1. The van der Waals surface area contributed by atoms with Gasteiger partial charge in [-0.25, -0.2) is 4.79 Å². The van der Waals surface area contributed by atoms with Crippen molar-refractivity contribution in [3.63, 3.8) is 0 Å². The van der Waals surface area contributed by atoms with Gasteiger partial charge in [-0.05, 0) is 18.8 Å². The molecule has 5 nitrogen and oxygen atoms in total. The molecule has 1 aliphatic heterocycles. The molecular formula is C10H15F3N2O3. The number of alkyl halides is 3. The highest BCUT2D eigenvalue weighted by Crippen LogP contribution is 2.20. The first-order valence-electron chi connectivity index (χ1n) is 5.59. The molecule has 0 radical (unpaired) electrons. The van der Waals surface area contributed by atoms with Crippen molar-refractivity contribution in [1.29, 1.82) is 0 Å². The molecule has 1 rings (SSSR count). The number of carboxylic acids is 1. The fourth-order valence-corrected chi connectivity index (χ4v) is 1.87. The van der Waals surface area contributed by atoms with Crippen LogP contribution in [0.1, 0.15) is 19.3 Å². The van der Waals surface area contributed by atoms with Gasteiger partial charge in [0.1, 0.15) is 6.54 Å². The van der Waals surface area contributed by atoms with Gasteiger partial charge >= 0.3 is 18.2 Å². The summed E-state index contributed by atoms with van der Waals surface area (Å²) >= 11 is 0. The Morgan fingerprint density at radius 2 is 1.83 bits per heavy atom. The quantitative estimate of drug-likeness (QED) is 0.813. The summed E-state index contributed by atoms with van der Waals surface area (Å²) in [4.78, 5) is 23.1. The zero-order valence-electron chi connectivity index (χ0n) is 9.66. The predicted molar refractivity (Wildman–Crippen MR) is 56.0 cm³/mol. The monoisotopic (exact) mass is 268 g/mol. The van der Waals surface area contributed by atoms with Crippen LogP contribution in [0.2, 0.25) is 0 Å². The number of nitrogens with zero attached hydrogens (tertiary/aromatic N) is 1. The minimum Gasteiger partial charge on any atom is -0.481 e. The second-order valence-electron chi connectivity index (χ2n) is 4.30. The van der Waals surface area contributed by atoms with Gasteiger partial charge in [-0.1, -0.05) is 0 Å². The van der Waals surface area contributed by atoms with Crippen molar-refractivity contribution in [1.82, 2.24) is 10.2 Å². The normalized spacial score (nSPS) is 17.6. The second-order valence-corrected chi connectivity index (χ2v) is 4.30. The van der Waals surface area contributed by atoms with Crippen molar-refractivity contribution in [3.05, 3.63) is 0 Å². The minimum absolute atomic E-state index is 0.00540. The Morgan fingerprint density at radius 3 is 2.28 bits per heavy atom. The molecule has 0 aromatic carbocycles. The summed E-state index contributed by atoms with van der Waals surface area (Å²) in [6, 6.07) is -0.749. The average molecular weight is 268 g/mol. The molecule has 0 aliphatic carbocycles. The summed E-state index contributed by atoms with van der Waals surface area (Å²) < 4.78 is 35.7. The Hall–Kier alpha value is -1.47. The van der Waals surface area contributed by atoms with Crippen molar-refractivity contribution in [2.24, 2.45) is 5.92 Å². The lowest BCUT2D eigenvalue weighted by Gasteiger charge is -2.31. The molecule has 1 heterocycles. The Bertz CT molecular complexity index is 312. The van der Waals surface area contributed by atoms with E-state index in [0.29, 0.717) is 25.9 Å². The maximum atomic E-state index is 11.9. The Morgan fingerprint density at radius 1 is 1.28 bits per heavy atom. The molecule has 0 unspecified atom stereocenters. The van der Waals surface area contributed by atoms with Gasteiger partial charge in [0.05, 0.1) is 0 Å². The SMILES string of the molecule is O=C(O)CC1CCN(C(=O)NCC(F)(F)F)CC1. The molecule has 0 aromatic heterocycles. The number of hydrogen-bond acceptors (Lipinski definition) is 2. The van der Waals surface area contributed by atoms with Gasteiger partial charge < -0.3 is 15.3 Å². The van der Waals surface area contributed by atoms with Gasteiger partial charge in [0.15, 0.2) is 0 Å². The van der Waals surface area contributed by atoms with Crippen molar-refractivity contribution in [3.8, 4) is 0 Å². The molecule has 2 N–H and O–H groups in total. The number of rotatable bonds is 3. The van der Waals surface area contributed by atoms with E-state index in [0.717, 1.165) is 0 Å². The molecule has 1 aliphatic rings. The summed E-state index contributed by atoms with van der Waals surface area (Å²) in [6.07, 6.45) is -3.37. The van der Waals surface area contributed by atoms with Gasteiger partial charge in [-0.2, -0.15) is 13.2 Å². The lowest BCUT2D eigenvalue weighted by atomic mass is 9.94. The number of nitrogens with one attached hydrogen (secondary N) is 1. The van der Waals surface area contributed by atoms with Crippen LogP contribution in [0.15, 0.2) is 0 Å². The van der Waals surface area contributed by atoms with Crippen LogP contribution < -0.4 is 5.32 Å². The van der Waals surface area contributed by atoms with Gasteiger partial charge in [-0.15, -0.1) is 0 Å². The van der Waals surface area contributed by atoms with E-state index in [-0.39, 0.29) is 12.3 Å². The number of carbonyl (C=O) groups is 2. The minimum atomic E-state index is -4.42. The van der Waals surface area contributed by atoms with Crippen LogP contribution in [0.5, 0.6) is 0 Å². The summed E-state index contributed by atoms with van der Waals surface area (Å²) in [5, 5.41) is 10.4. The molecular weight excluding hydrogens is 253 g/mol. The summed E-state index contributed by atoms with van der Waals surface area (Å²) in [7, 11) is 0. The van der Waals surface area contributed by atoms with Crippen molar-refractivity contribution in [2.45, 2.75) is 25.4 Å². The maximum Gasteiger partial charge on any atom is 0.405 e. The first kappa shape index (κ1) is 14.6. The van der Waals surface area contributed by atoms with E-state index in [1.165, 1.54) is 4.90 Å². The largest absolute Gasteiger partial charge is 0.481 e. The Balaban J connectivity index is 2.29. The highest BCUT2D eigenvalue weighted by atomic mass is 19.4. The van der Waals surface area contributed by atoms with Gasteiger partial charge in [0.2, 0.25) is 0 Å². The Kier molecular flexibility index (Phi) is 4.80. The fraction of sp³-hybridized carbons (Fsp3) is 0.800. The molecule has 0 aromatic rings. The number of carbonyl (C=O) groups excluding carboxylic acids is 1. The number of halogens is 3. The number of likely N-dealkylation sites (tertiary alicyclic amines) is 1. The molecule has 0 spiro atoms. The van der Waals surface area contributed by atoms with E-state index < -0.39 is 24.7 Å². The predicted octanol–water partition coefficient (Wildman–Crippen LogP) is 1.44. The lowest BCUT2D eigenvalue weighted by Crippen LogP contribution is -2.47. The van der Waals surface area contributed by atoms with E-state index in [2.05, 4.69) is 0 Å². The third-order valence-corrected chi connectivity index (χ3v) is 2.81. The number of piperidine rings is 1. The third-order valence-electron chi connectivity index (χ3n) is 2.81. The van der Waals surface area contributed by atoms with E-state index in [9.17, 15) is 22.8 Å². The first-order chi connectivity index (χ1) is 8.28. The Labute approximate surface area is 102 Å². The number of carboxylic acid groups (broad SMARTS) is 1. The molecule has 1 fully saturated rings. The van der Waals surface area contributed by atoms with Crippen molar-refractivity contribution < 1.29 is 27.9 Å². The van der Waals surface area contributed by atoms with Crippen LogP contribution in [-0.2, 0) is 4.79 Å². The number of amides is 2. The van der Waals surface area contributed by atoms with Gasteiger partial charge in [0, 0.05) is 19.5 Å². The smallest absolute Gasteiger partial charge is 0.405 e. The summed E-state index contributed by atoms with van der Waals surface area (Å²) in [5.74, 6) is -0.899. The standard InChI is InChI=1S/C10H15F3N2O3/c11-10(12,13)6-14-9(18)15-3-1-7(2-4-15)5-8(16)17/h7H,1-6H2,(H,14,18)(H,16,17). The lowest BCUT2D eigenvalue weighted by molar-refractivity contribution is -0.138. The summed E-state index contributed by atoms with van der Waals surface area (Å²) in [5.41, 5.74) is 0. The molecule has 2 amide bonds. The highest BCUT2D eigenvalue weighted by Gasteiger charge is 2.30. The van der Waals surface area contributed by atoms with Gasteiger partial charge in [0.25, 0.3) is 0 Å². The fourth-order valence-electron chi connectivity index (χ4n) is 1.87. The second kappa shape index (κ2) is 5.92. The van der Waals surface area contributed by atoms with E-state index >= 15 is 0 Å². The molecule has 1 saturated heterocycles. The van der Waals surface area contributed by atoms with Crippen LogP contribution in [0.25, 0.3) is 0 Å². The van der Waals surface area contributed by atoms with Gasteiger partial charge in [-0.3, -0.25) is 4.79 Å². The van der Waals surface area contributed by atoms with Crippen molar-refractivity contribution >= 4 is 12.0 Å². The zero-order valence-corrected chi connectivity index (χ0v) is 9.66. The highest BCUT2D eigenvalue weighted by molar-refractivity contribution is 5.74.